The molecule has 0 aromatic carbocycles. The van der Waals surface area contributed by atoms with Crippen LogP contribution in [-0.4, -0.2) is 4.98 Å². The minimum atomic E-state index is 0.190. The van der Waals surface area contributed by atoms with E-state index in [0.717, 1.165) is 5.56 Å². The van der Waals surface area contributed by atoms with Crippen LogP contribution in [0.3, 0.4) is 0 Å². The molecule has 1 rings (SSSR count). The normalized spacial score (nSPS) is 12.7. The van der Waals surface area contributed by atoms with Gasteiger partial charge in [0.2, 0.25) is 0 Å². The highest BCUT2D eigenvalue weighted by Gasteiger charge is 1.73. The molecule has 0 fully saturated rings. The van der Waals surface area contributed by atoms with E-state index in [9.17, 15) is 0 Å². The monoisotopic (exact) mass is 95.1 g/mol. The zero-order valence-electron chi connectivity index (χ0n) is 6.10. The van der Waals surface area contributed by atoms with Crippen LogP contribution in [-0.2, 0) is 0 Å². The first kappa shape index (κ1) is 2.46. The van der Waals surface area contributed by atoms with E-state index < -0.39 is 0 Å². The lowest BCUT2D eigenvalue weighted by Gasteiger charge is -1.82. The Labute approximate surface area is 45.8 Å². The highest BCUT2D eigenvalue weighted by molar-refractivity contribution is 5.04. The molecular formula is C6H7N. The van der Waals surface area contributed by atoms with Gasteiger partial charge in [-0.3, -0.25) is 4.98 Å². The van der Waals surface area contributed by atoms with Gasteiger partial charge < -0.3 is 0 Å². The van der Waals surface area contributed by atoms with Crippen LogP contribution in [0.25, 0.3) is 0 Å². The van der Waals surface area contributed by atoms with E-state index in [2.05, 4.69) is 4.98 Å². The summed E-state index contributed by atoms with van der Waals surface area (Å²) >= 11 is 0. The largest absolute Gasteiger partial charge is 0.264 e. The van der Waals surface area contributed by atoms with Gasteiger partial charge in [0.05, 0.1) is 2.74 Å². The van der Waals surface area contributed by atoms with E-state index in [1.807, 2.05) is 0 Å². The molecule has 0 radical (unpaired) electrons. The zero-order chi connectivity index (χ0) is 6.85. The van der Waals surface area contributed by atoms with Crippen molar-refractivity contribution in [2.24, 2.45) is 0 Å². The molecule has 0 N–H and O–H groups in total. The summed E-state index contributed by atoms with van der Waals surface area (Å²) in [5.41, 5.74) is 0.752. The van der Waals surface area contributed by atoms with Gasteiger partial charge in [-0.05, 0) is 18.5 Å². The van der Waals surface area contributed by atoms with E-state index in [1.54, 1.807) is 13.1 Å². The molecule has 7 heavy (non-hydrogen) atoms. The van der Waals surface area contributed by atoms with Crippen molar-refractivity contribution in [1.82, 2.24) is 4.98 Å². The quantitative estimate of drug-likeness (QED) is 0.474. The molecule has 36 valence electrons. The van der Waals surface area contributed by atoms with Crippen LogP contribution in [0.1, 0.15) is 8.30 Å². The molecular weight excluding hydrogens is 86.1 g/mol. The Morgan fingerprint density at radius 1 is 1.86 bits per heavy atom. The fourth-order valence-corrected chi connectivity index (χ4v) is 0.365. The molecule has 1 aromatic rings. The predicted molar refractivity (Wildman–Crippen MR) is 29.0 cm³/mol. The van der Waals surface area contributed by atoms with Gasteiger partial charge in [-0.2, -0.15) is 0 Å². The number of rotatable bonds is 0. The van der Waals surface area contributed by atoms with Crippen LogP contribution in [0, 0.1) is 6.92 Å². The average molecular weight is 95.1 g/mol. The molecule has 1 aromatic heterocycles. The number of aromatic nitrogens is 1. The fraction of sp³-hybridized carbons (Fsp3) is 0.167. The van der Waals surface area contributed by atoms with E-state index in [0.29, 0.717) is 0 Å². The summed E-state index contributed by atoms with van der Waals surface area (Å²) < 4.78 is 14.3. The minimum absolute atomic E-state index is 0.190. The Balaban J connectivity index is 3.25. The molecule has 0 saturated heterocycles. The van der Waals surface area contributed by atoms with Gasteiger partial charge in [0.25, 0.3) is 0 Å². The molecule has 1 heterocycles. The molecule has 1 heteroatoms. The van der Waals surface area contributed by atoms with Gasteiger partial charge in [-0.25, -0.2) is 0 Å². The molecule has 0 unspecified atom stereocenters. The van der Waals surface area contributed by atoms with Crippen LogP contribution in [0.15, 0.2) is 24.5 Å². The summed E-state index contributed by atoms with van der Waals surface area (Å²) in [7, 11) is 0. The lowest BCUT2D eigenvalue weighted by atomic mass is 10.3. The lowest BCUT2D eigenvalue weighted by Crippen LogP contribution is -1.69. The number of hydrogen-bond acceptors (Lipinski definition) is 1. The standard InChI is InChI=1S/C6H7N/c1-6-3-2-4-7-5-6/h2-5H,1H3/i2D,3D. The second kappa shape index (κ2) is 1.73. The van der Waals surface area contributed by atoms with E-state index in [4.69, 9.17) is 2.74 Å². The topological polar surface area (TPSA) is 12.9 Å². The van der Waals surface area contributed by atoms with Gasteiger partial charge in [0.1, 0.15) is 0 Å². The molecule has 0 atom stereocenters. The van der Waals surface area contributed by atoms with Gasteiger partial charge in [0.15, 0.2) is 0 Å². The highest BCUT2D eigenvalue weighted by atomic mass is 14.6. The number of hydrogen-bond donors (Lipinski definition) is 0. The molecule has 0 aliphatic carbocycles. The van der Waals surface area contributed by atoms with Gasteiger partial charge >= 0.3 is 0 Å². The first-order chi connectivity index (χ1) is 4.22. The second-order valence-corrected chi connectivity index (χ2v) is 1.36. The molecule has 0 saturated carbocycles. The maximum absolute atomic E-state index is 7.22. The Hall–Kier alpha value is -0.850. The van der Waals surface area contributed by atoms with Crippen molar-refractivity contribution in [2.75, 3.05) is 0 Å². The third-order valence-corrected chi connectivity index (χ3v) is 0.677. The highest BCUT2D eigenvalue weighted by Crippen LogP contribution is 1.88. The maximum atomic E-state index is 7.22. The molecule has 0 bridgehead atoms. The third kappa shape index (κ3) is 1.000. The summed E-state index contributed by atoms with van der Waals surface area (Å²) in [6.07, 6.45) is 2.95. The molecule has 0 spiro atoms. The van der Waals surface area contributed by atoms with Crippen molar-refractivity contribution in [3.05, 3.63) is 30.0 Å². The van der Waals surface area contributed by atoms with Crippen molar-refractivity contribution in [2.45, 2.75) is 6.92 Å². The van der Waals surface area contributed by atoms with Crippen molar-refractivity contribution < 1.29 is 2.74 Å². The van der Waals surface area contributed by atoms with E-state index in [1.165, 1.54) is 6.20 Å². The Morgan fingerprint density at radius 3 is 3.29 bits per heavy atom. The van der Waals surface area contributed by atoms with Crippen molar-refractivity contribution in [3.8, 4) is 0 Å². The zero-order valence-corrected chi connectivity index (χ0v) is 4.10. The Bertz CT molecular complexity index is 202. The van der Waals surface area contributed by atoms with Crippen LogP contribution >= 0.6 is 0 Å². The maximum Gasteiger partial charge on any atom is 0.0639 e. The van der Waals surface area contributed by atoms with E-state index in [-0.39, 0.29) is 12.1 Å². The second-order valence-electron chi connectivity index (χ2n) is 1.36. The van der Waals surface area contributed by atoms with Gasteiger partial charge in [-0.15, -0.1) is 0 Å². The fourth-order valence-electron chi connectivity index (χ4n) is 0.365. The average Bonchev–Trinajstić information content (AvgIpc) is 1.83. The smallest absolute Gasteiger partial charge is 0.0639 e. The number of aryl methyl sites for hydroxylation is 1. The van der Waals surface area contributed by atoms with Gasteiger partial charge in [-0.1, -0.05) is 6.04 Å². The van der Waals surface area contributed by atoms with E-state index >= 15 is 0 Å². The van der Waals surface area contributed by atoms with Crippen molar-refractivity contribution in [1.29, 1.82) is 0 Å². The lowest BCUT2D eigenvalue weighted by molar-refractivity contribution is 1.27. The Kier molecular flexibility index (Phi) is 0.609. The molecule has 0 aliphatic rings. The molecule has 0 amide bonds. The van der Waals surface area contributed by atoms with Crippen LogP contribution in [0.5, 0.6) is 0 Å². The summed E-state index contributed by atoms with van der Waals surface area (Å²) in [6.45, 7) is 1.77. The van der Waals surface area contributed by atoms with Crippen molar-refractivity contribution in [3.63, 3.8) is 0 Å². The molecule has 0 aliphatic heterocycles. The molecule has 1 nitrogen and oxygen atoms in total. The van der Waals surface area contributed by atoms with Crippen LogP contribution in [0.4, 0.5) is 0 Å². The Morgan fingerprint density at radius 2 is 2.71 bits per heavy atom. The summed E-state index contributed by atoms with van der Waals surface area (Å²) in [6, 6.07) is 0.458. The predicted octanol–water partition coefficient (Wildman–Crippen LogP) is 1.39. The van der Waals surface area contributed by atoms with Gasteiger partial charge in [0, 0.05) is 12.4 Å². The first-order valence-electron chi connectivity index (χ1n) is 3.09. The third-order valence-electron chi connectivity index (χ3n) is 0.677. The van der Waals surface area contributed by atoms with Crippen LogP contribution < -0.4 is 0 Å². The van der Waals surface area contributed by atoms with Crippen LogP contribution in [0.2, 0.25) is 0 Å². The number of nitrogens with zero attached hydrogens (tertiary/aromatic N) is 1. The summed E-state index contributed by atoms with van der Waals surface area (Å²) in [5, 5.41) is 0. The van der Waals surface area contributed by atoms with Crippen molar-refractivity contribution >= 4 is 0 Å². The summed E-state index contributed by atoms with van der Waals surface area (Å²) in [4.78, 5) is 3.74. The summed E-state index contributed by atoms with van der Waals surface area (Å²) in [5.74, 6) is 0. The first-order valence-corrected chi connectivity index (χ1v) is 2.09. The minimum Gasteiger partial charge on any atom is -0.264 e. The number of pyridine rings is 1. The SMILES string of the molecule is [2H]c1cncc(C)c1[2H].